The van der Waals surface area contributed by atoms with Crippen LogP contribution in [0.5, 0.6) is 5.88 Å². The predicted octanol–water partition coefficient (Wildman–Crippen LogP) is 2.07. The molecule has 1 fully saturated rings. The zero-order chi connectivity index (χ0) is 15.2. The lowest BCUT2D eigenvalue weighted by Gasteiger charge is -2.33. The molecule has 6 heteroatoms. The fourth-order valence-corrected chi connectivity index (χ4v) is 2.63. The normalized spacial score (nSPS) is 18.2. The summed E-state index contributed by atoms with van der Waals surface area (Å²) < 4.78 is 11.3. The van der Waals surface area contributed by atoms with E-state index in [2.05, 4.69) is 19.9 Å². The monoisotopic (exact) mass is 300 g/mol. The Labute approximate surface area is 130 Å². The lowest BCUT2D eigenvalue weighted by Crippen LogP contribution is -2.40. The van der Waals surface area contributed by atoms with E-state index in [-0.39, 0.29) is 6.10 Å². The first-order chi connectivity index (χ1) is 10.9. The van der Waals surface area contributed by atoms with E-state index in [1.165, 1.54) is 0 Å². The third-order valence-corrected chi connectivity index (χ3v) is 3.71. The van der Waals surface area contributed by atoms with E-state index in [9.17, 15) is 0 Å². The van der Waals surface area contributed by atoms with Crippen molar-refractivity contribution < 1.29 is 9.47 Å². The third kappa shape index (κ3) is 3.51. The molecule has 1 aliphatic heterocycles. The quantitative estimate of drug-likeness (QED) is 0.842. The first-order valence-electron chi connectivity index (χ1n) is 7.48. The molecule has 116 valence electrons. The Morgan fingerprint density at radius 3 is 2.91 bits per heavy atom. The minimum Gasteiger partial charge on any atom is -0.478 e. The number of nitrogens with zero attached hydrogens (tertiary/aromatic N) is 4. The van der Waals surface area contributed by atoms with Crippen LogP contribution < -0.4 is 9.64 Å². The fraction of sp³-hybridized carbons (Fsp3) is 0.438. The Morgan fingerprint density at radius 1 is 1.18 bits per heavy atom. The van der Waals surface area contributed by atoms with E-state index < -0.39 is 0 Å². The standard InChI is InChI=1S/C16H20N4O2/c1-21-16-15(18-8-9-19-16)20-10-4-6-14(11-20)22-12-13-5-2-3-7-17-13/h2-3,5,7-9,14H,4,6,10-12H2,1H3. The van der Waals surface area contributed by atoms with Crippen LogP contribution in [0.15, 0.2) is 36.8 Å². The van der Waals surface area contributed by atoms with Gasteiger partial charge in [-0.3, -0.25) is 4.98 Å². The number of anilines is 1. The van der Waals surface area contributed by atoms with Crippen molar-refractivity contribution in [1.29, 1.82) is 0 Å². The lowest BCUT2D eigenvalue weighted by atomic mass is 10.1. The molecule has 0 saturated carbocycles. The molecule has 6 nitrogen and oxygen atoms in total. The summed E-state index contributed by atoms with van der Waals surface area (Å²) in [7, 11) is 1.62. The molecule has 22 heavy (non-hydrogen) atoms. The maximum atomic E-state index is 6.00. The topological polar surface area (TPSA) is 60.4 Å². The van der Waals surface area contributed by atoms with Gasteiger partial charge in [0, 0.05) is 31.7 Å². The summed E-state index contributed by atoms with van der Waals surface area (Å²) in [5.74, 6) is 1.35. The highest BCUT2D eigenvalue weighted by Gasteiger charge is 2.24. The van der Waals surface area contributed by atoms with Crippen LogP contribution in [0.4, 0.5) is 5.82 Å². The molecule has 0 amide bonds. The number of aromatic nitrogens is 3. The Bertz CT molecular complexity index is 594. The molecular formula is C16H20N4O2. The molecule has 0 spiro atoms. The Balaban J connectivity index is 1.62. The summed E-state index contributed by atoms with van der Waals surface area (Å²) in [5.41, 5.74) is 0.955. The molecular weight excluding hydrogens is 280 g/mol. The van der Waals surface area contributed by atoms with Crippen molar-refractivity contribution in [2.24, 2.45) is 0 Å². The smallest absolute Gasteiger partial charge is 0.257 e. The van der Waals surface area contributed by atoms with Crippen molar-refractivity contribution >= 4 is 5.82 Å². The molecule has 0 aliphatic carbocycles. The van der Waals surface area contributed by atoms with Crippen LogP contribution in [-0.2, 0) is 11.3 Å². The van der Waals surface area contributed by atoms with Crippen LogP contribution in [-0.4, -0.2) is 41.3 Å². The molecule has 0 radical (unpaired) electrons. The van der Waals surface area contributed by atoms with E-state index in [1.807, 2.05) is 18.2 Å². The van der Waals surface area contributed by atoms with Crippen LogP contribution >= 0.6 is 0 Å². The van der Waals surface area contributed by atoms with Gasteiger partial charge in [-0.1, -0.05) is 6.07 Å². The highest BCUT2D eigenvalue weighted by atomic mass is 16.5. The van der Waals surface area contributed by atoms with E-state index in [4.69, 9.17) is 9.47 Å². The van der Waals surface area contributed by atoms with Gasteiger partial charge < -0.3 is 14.4 Å². The number of methoxy groups -OCH3 is 1. The molecule has 1 unspecified atom stereocenters. The van der Waals surface area contributed by atoms with Crippen LogP contribution in [0.3, 0.4) is 0 Å². The van der Waals surface area contributed by atoms with Crippen molar-refractivity contribution in [1.82, 2.24) is 15.0 Å². The Kier molecular flexibility index (Phi) is 4.80. The summed E-state index contributed by atoms with van der Waals surface area (Å²) in [6.45, 7) is 2.28. The average molecular weight is 300 g/mol. The van der Waals surface area contributed by atoms with Gasteiger partial charge in [-0.15, -0.1) is 0 Å². The first-order valence-corrected chi connectivity index (χ1v) is 7.48. The van der Waals surface area contributed by atoms with Gasteiger partial charge in [0.25, 0.3) is 5.88 Å². The zero-order valence-electron chi connectivity index (χ0n) is 12.7. The number of ether oxygens (including phenoxy) is 2. The Hall–Kier alpha value is -2.21. The van der Waals surface area contributed by atoms with Crippen LogP contribution in [0.25, 0.3) is 0 Å². The minimum absolute atomic E-state index is 0.169. The number of pyridine rings is 1. The maximum absolute atomic E-state index is 6.00. The van der Waals surface area contributed by atoms with Crippen molar-refractivity contribution in [2.75, 3.05) is 25.1 Å². The second kappa shape index (κ2) is 7.17. The van der Waals surface area contributed by atoms with Crippen molar-refractivity contribution in [3.63, 3.8) is 0 Å². The summed E-state index contributed by atoms with van der Waals surface area (Å²) in [6, 6.07) is 5.86. The summed E-state index contributed by atoms with van der Waals surface area (Å²) in [5, 5.41) is 0. The minimum atomic E-state index is 0.169. The number of piperidine rings is 1. The maximum Gasteiger partial charge on any atom is 0.257 e. The van der Waals surface area contributed by atoms with Gasteiger partial charge in [0.15, 0.2) is 5.82 Å². The number of hydrogen-bond donors (Lipinski definition) is 0. The second-order valence-corrected chi connectivity index (χ2v) is 5.23. The molecule has 1 saturated heterocycles. The van der Waals surface area contributed by atoms with Gasteiger partial charge in [0.05, 0.1) is 25.5 Å². The second-order valence-electron chi connectivity index (χ2n) is 5.23. The number of hydrogen-bond acceptors (Lipinski definition) is 6. The van der Waals surface area contributed by atoms with Gasteiger partial charge in [-0.25, -0.2) is 9.97 Å². The molecule has 2 aromatic rings. The van der Waals surface area contributed by atoms with Gasteiger partial charge in [0.1, 0.15) is 0 Å². The van der Waals surface area contributed by atoms with Crippen LogP contribution in [0.1, 0.15) is 18.5 Å². The highest BCUT2D eigenvalue weighted by Crippen LogP contribution is 2.26. The zero-order valence-corrected chi connectivity index (χ0v) is 12.7. The predicted molar refractivity (Wildman–Crippen MR) is 82.8 cm³/mol. The fourth-order valence-electron chi connectivity index (χ4n) is 2.63. The first kappa shape index (κ1) is 14.7. The third-order valence-electron chi connectivity index (χ3n) is 3.71. The van der Waals surface area contributed by atoms with Crippen molar-refractivity contribution in [3.05, 3.63) is 42.5 Å². The summed E-state index contributed by atoms with van der Waals surface area (Å²) in [4.78, 5) is 15.1. The van der Waals surface area contributed by atoms with Crippen molar-refractivity contribution in [2.45, 2.75) is 25.6 Å². The molecule has 0 bridgehead atoms. The summed E-state index contributed by atoms with van der Waals surface area (Å²) in [6.07, 6.45) is 7.40. The SMILES string of the molecule is COc1nccnc1N1CCCC(OCc2ccccn2)C1. The average Bonchev–Trinajstić information content (AvgIpc) is 2.61. The van der Waals surface area contributed by atoms with Crippen LogP contribution in [0, 0.1) is 0 Å². The van der Waals surface area contributed by atoms with Gasteiger partial charge >= 0.3 is 0 Å². The highest BCUT2D eigenvalue weighted by molar-refractivity contribution is 5.48. The molecule has 3 heterocycles. The number of rotatable bonds is 5. The van der Waals surface area contributed by atoms with Crippen molar-refractivity contribution in [3.8, 4) is 5.88 Å². The van der Waals surface area contributed by atoms with E-state index in [1.54, 1.807) is 25.7 Å². The summed E-state index contributed by atoms with van der Waals surface area (Å²) >= 11 is 0. The molecule has 2 aromatic heterocycles. The molecule has 1 aliphatic rings. The molecule has 1 atom stereocenters. The molecule has 0 aromatic carbocycles. The van der Waals surface area contributed by atoms with E-state index in [0.29, 0.717) is 12.5 Å². The van der Waals surface area contributed by atoms with Crippen LogP contribution in [0.2, 0.25) is 0 Å². The van der Waals surface area contributed by atoms with Gasteiger partial charge in [-0.05, 0) is 25.0 Å². The van der Waals surface area contributed by atoms with Gasteiger partial charge in [0.2, 0.25) is 0 Å². The van der Waals surface area contributed by atoms with E-state index >= 15 is 0 Å². The van der Waals surface area contributed by atoms with E-state index in [0.717, 1.165) is 37.4 Å². The molecule has 3 rings (SSSR count). The molecule has 0 N–H and O–H groups in total. The lowest BCUT2D eigenvalue weighted by molar-refractivity contribution is 0.0296. The largest absolute Gasteiger partial charge is 0.478 e. The van der Waals surface area contributed by atoms with Gasteiger partial charge in [-0.2, -0.15) is 0 Å². The Morgan fingerprint density at radius 2 is 2.09 bits per heavy atom.